The average Bonchev–Trinajstić information content (AvgIpc) is 2.96. The minimum Gasteiger partial charge on any atom is -0.382 e. The van der Waals surface area contributed by atoms with Crippen LogP contribution in [0.15, 0.2) is 47.6 Å². The van der Waals surface area contributed by atoms with Crippen LogP contribution in [-0.2, 0) is 9.63 Å². The Morgan fingerprint density at radius 2 is 1.83 bits per heavy atom. The Balaban J connectivity index is 1.67. The summed E-state index contributed by atoms with van der Waals surface area (Å²) in [5.74, 6) is -2.62. The van der Waals surface area contributed by atoms with Crippen molar-refractivity contribution in [2.24, 2.45) is 5.16 Å². The Morgan fingerprint density at radius 1 is 1.09 bits per heavy atom. The fraction of sp³-hybridized carbons (Fsp3) is 0.125. The van der Waals surface area contributed by atoms with Gasteiger partial charge in [-0.05, 0) is 24.3 Å². The SMILES string of the molecule is O=C(Nc1cc(F)cc(F)c1)[C@@H]1CC(c2cccc(F)c2)=NO1. The normalized spacial score (nSPS) is 16.7. The van der Waals surface area contributed by atoms with Gasteiger partial charge in [0.15, 0.2) is 0 Å². The molecule has 0 spiro atoms. The summed E-state index contributed by atoms with van der Waals surface area (Å²) in [6, 6.07) is 8.43. The summed E-state index contributed by atoms with van der Waals surface area (Å²) in [6.45, 7) is 0. The Bertz CT molecular complexity index is 772. The van der Waals surface area contributed by atoms with Gasteiger partial charge in [-0.25, -0.2) is 13.2 Å². The lowest BCUT2D eigenvalue weighted by Gasteiger charge is -2.09. The number of carbonyl (C=O) groups excluding carboxylic acids is 1. The highest BCUT2D eigenvalue weighted by atomic mass is 19.1. The van der Waals surface area contributed by atoms with Gasteiger partial charge in [-0.1, -0.05) is 17.3 Å². The van der Waals surface area contributed by atoms with Crippen LogP contribution < -0.4 is 5.32 Å². The van der Waals surface area contributed by atoms with Crippen LogP contribution in [-0.4, -0.2) is 17.7 Å². The molecule has 0 aromatic heterocycles. The molecule has 1 amide bonds. The lowest BCUT2D eigenvalue weighted by molar-refractivity contribution is -0.125. The Morgan fingerprint density at radius 3 is 2.52 bits per heavy atom. The molecule has 4 nitrogen and oxygen atoms in total. The zero-order valence-electron chi connectivity index (χ0n) is 11.7. The molecule has 0 saturated heterocycles. The maximum atomic E-state index is 13.2. The second kappa shape index (κ2) is 6.12. The van der Waals surface area contributed by atoms with E-state index >= 15 is 0 Å². The van der Waals surface area contributed by atoms with E-state index in [1.54, 1.807) is 6.07 Å². The van der Waals surface area contributed by atoms with E-state index in [1.807, 2.05) is 0 Å². The van der Waals surface area contributed by atoms with Crippen molar-refractivity contribution in [2.75, 3.05) is 5.32 Å². The molecule has 1 aliphatic rings. The number of amides is 1. The summed E-state index contributed by atoms with van der Waals surface area (Å²) < 4.78 is 39.4. The standard InChI is InChI=1S/C16H11F3N2O2/c17-10-3-1-2-9(4-10)14-8-15(23-21-14)16(22)20-13-6-11(18)5-12(19)7-13/h1-7,15H,8H2,(H,20,22)/t15-/m0/s1. The highest BCUT2D eigenvalue weighted by molar-refractivity contribution is 6.06. The highest BCUT2D eigenvalue weighted by Crippen LogP contribution is 2.20. The van der Waals surface area contributed by atoms with E-state index in [-0.39, 0.29) is 12.1 Å². The van der Waals surface area contributed by atoms with Crippen LogP contribution in [0.5, 0.6) is 0 Å². The first-order chi connectivity index (χ1) is 11.0. The number of carbonyl (C=O) groups is 1. The first kappa shape index (κ1) is 15.1. The number of hydrogen-bond acceptors (Lipinski definition) is 3. The quantitative estimate of drug-likeness (QED) is 0.944. The van der Waals surface area contributed by atoms with Gasteiger partial charge in [-0.3, -0.25) is 4.79 Å². The first-order valence-corrected chi connectivity index (χ1v) is 6.77. The van der Waals surface area contributed by atoms with Crippen LogP contribution in [0.3, 0.4) is 0 Å². The fourth-order valence-corrected chi connectivity index (χ4v) is 2.21. The van der Waals surface area contributed by atoms with Crippen LogP contribution >= 0.6 is 0 Å². The minimum absolute atomic E-state index is 0.0182. The molecular formula is C16H11F3N2O2. The summed E-state index contributed by atoms with van der Waals surface area (Å²) in [4.78, 5) is 17.1. The van der Waals surface area contributed by atoms with Crippen molar-refractivity contribution in [1.82, 2.24) is 0 Å². The fourth-order valence-electron chi connectivity index (χ4n) is 2.21. The van der Waals surface area contributed by atoms with Gasteiger partial charge in [-0.15, -0.1) is 0 Å². The van der Waals surface area contributed by atoms with Crippen molar-refractivity contribution in [2.45, 2.75) is 12.5 Å². The molecule has 0 saturated carbocycles. The van der Waals surface area contributed by atoms with Gasteiger partial charge < -0.3 is 10.2 Å². The van der Waals surface area contributed by atoms with E-state index in [0.717, 1.165) is 12.1 Å². The molecule has 118 valence electrons. The molecule has 1 heterocycles. The molecule has 0 radical (unpaired) electrons. The van der Waals surface area contributed by atoms with Crippen molar-refractivity contribution in [3.63, 3.8) is 0 Å². The molecule has 1 aliphatic heterocycles. The van der Waals surface area contributed by atoms with Crippen molar-refractivity contribution < 1.29 is 22.8 Å². The number of rotatable bonds is 3. The van der Waals surface area contributed by atoms with Crippen LogP contribution in [0.4, 0.5) is 18.9 Å². The largest absolute Gasteiger partial charge is 0.382 e. The predicted molar refractivity (Wildman–Crippen MR) is 77.4 cm³/mol. The van der Waals surface area contributed by atoms with Crippen LogP contribution in [0.1, 0.15) is 12.0 Å². The van der Waals surface area contributed by atoms with Crippen molar-refractivity contribution in [1.29, 1.82) is 0 Å². The summed E-state index contributed by atoms with van der Waals surface area (Å²) in [7, 11) is 0. The van der Waals surface area contributed by atoms with Gasteiger partial charge in [0.2, 0.25) is 6.10 Å². The monoisotopic (exact) mass is 320 g/mol. The van der Waals surface area contributed by atoms with E-state index in [4.69, 9.17) is 4.84 Å². The topological polar surface area (TPSA) is 50.7 Å². The van der Waals surface area contributed by atoms with Gasteiger partial charge in [0.1, 0.15) is 17.5 Å². The number of hydrogen-bond donors (Lipinski definition) is 1. The zero-order valence-corrected chi connectivity index (χ0v) is 11.7. The molecule has 1 atom stereocenters. The van der Waals surface area contributed by atoms with Gasteiger partial charge in [0.05, 0.1) is 5.71 Å². The van der Waals surface area contributed by atoms with Crippen LogP contribution in [0.2, 0.25) is 0 Å². The smallest absolute Gasteiger partial charge is 0.268 e. The van der Waals surface area contributed by atoms with Crippen LogP contribution in [0.25, 0.3) is 0 Å². The number of nitrogens with one attached hydrogen (secondary N) is 1. The predicted octanol–water partition coefficient (Wildman–Crippen LogP) is 3.24. The van der Waals surface area contributed by atoms with Gasteiger partial charge in [0.25, 0.3) is 5.91 Å². The molecule has 1 N–H and O–H groups in total. The van der Waals surface area contributed by atoms with Crippen molar-refractivity contribution in [3.8, 4) is 0 Å². The van der Waals surface area contributed by atoms with Crippen molar-refractivity contribution >= 4 is 17.3 Å². The van der Waals surface area contributed by atoms with Gasteiger partial charge in [0, 0.05) is 23.7 Å². The summed E-state index contributed by atoms with van der Waals surface area (Å²) >= 11 is 0. The van der Waals surface area contributed by atoms with Crippen LogP contribution in [0, 0.1) is 17.5 Å². The molecule has 3 rings (SSSR count). The molecule has 7 heteroatoms. The number of benzene rings is 2. The molecule has 0 aliphatic carbocycles. The van der Waals surface area contributed by atoms with E-state index < -0.39 is 29.5 Å². The molecule has 0 bridgehead atoms. The third-order valence-electron chi connectivity index (χ3n) is 3.25. The lowest BCUT2D eigenvalue weighted by atomic mass is 10.0. The molecule has 2 aromatic carbocycles. The average molecular weight is 320 g/mol. The van der Waals surface area contributed by atoms with Gasteiger partial charge in [-0.2, -0.15) is 0 Å². The van der Waals surface area contributed by atoms with E-state index in [0.29, 0.717) is 17.3 Å². The second-order valence-corrected chi connectivity index (χ2v) is 4.99. The Kier molecular flexibility index (Phi) is 4.01. The van der Waals surface area contributed by atoms with E-state index in [1.165, 1.54) is 18.2 Å². The second-order valence-electron chi connectivity index (χ2n) is 4.99. The zero-order chi connectivity index (χ0) is 16.4. The van der Waals surface area contributed by atoms with E-state index in [2.05, 4.69) is 10.5 Å². The lowest BCUT2D eigenvalue weighted by Crippen LogP contribution is -2.28. The minimum atomic E-state index is -0.945. The maximum absolute atomic E-state index is 13.2. The molecular weight excluding hydrogens is 309 g/mol. The van der Waals surface area contributed by atoms with Crippen molar-refractivity contribution in [3.05, 3.63) is 65.5 Å². The maximum Gasteiger partial charge on any atom is 0.268 e. The molecule has 0 fully saturated rings. The highest BCUT2D eigenvalue weighted by Gasteiger charge is 2.29. The molecule has 2 aromatic rings. The molecule has 0 unspecified atom stereocenters. The third kappa shape index (κ3) is 3.50. The van der Waals surface area contributed by atoms with Gasteiger partial charge >= 0.3 is 0 Å². The number of oxime groups is 1. The first-order valence-electron chi connectivity index (χ1n) is 6.77. The van der Waals surface area contributed by atoms with E-state index in [9.17, 15) is 18.0 Å². The third-order valence-corrected chi connectivity index (χ3v) is 3.25. The Hall–Kier alpha value is -2.83. The summed E-state index contributed by atoms with van der Waals surface area (Å²) in [5.41, 5.74) is 0.919. The molecule has 23 heavy (non-hydrogen) atoms. The summed E-state index contributed by atoms with van der Waals surface area (Å²) in [6.07, 6.45) is -0.813. The number of anilines is 1. The Labute approximate surface area is 129 Å². The number of halogens is 3. The number of nitrogens with zero attached hydrogens (tertiary/aromatic N) is 1. The summed E-state index contributed by atoms with van der Waals surface area (Å²) in [5, 5.41) is 6.12.